The van der Waals surface area contributed by atoms with Gasteiger partial charge in [-0.15, -0.1) is 0 Å². The molecule has 6 heteroatoms. The second-order valence-corrected chi connectivity index (χ2v) is 7.82. The topological polar surface area (TPSA) is 67.2 Å². The van der Waals surface area contributed by atoms with Crippen LogP contribution in [0.4, 0.5) is 0 Å². The van der Waals surface area contributed by atoms with Crippen LogP contribution >= 0.6 is 0 Å². The van der Waals surface area contributed by atoms with Gasteiger partial charge in [-0.3, -0.25) is 9.59 Å². The third kappa shape index (κ3) is 4.26. The molecule has 0 spiro atoms. The van der Waals surface area contributed by atoms with Crippen LogP contribution in [-0.4, -0.2) is 39.4 Å². The number of imidazole rings is 1. The molecule has 1 aliphatic rings. The average molecular weight is 383 g/mol. The predicted molar refractivity (Wildman–Crippen MR) is 111 cm³/mol. The smallest absolute Gasteiger partial charge is 0.246 e. The van der Waals surface area contributed by atoms with Gasteiger partial charge >= 0.3 is 0 Å². The molecule has 1 aromatic carbocycles. The fourth-order valence-electron chi connectivity index (χ4n) is 3.89. The highest BCUT2D eigenvalue weighted by molar-refractivity contribution is 5.92. The highest BCUT2D eigenvalue weighted by atomic mass is 16.2. The zero-order chi connectivity index (χ0) is 20.3. The van der Waals surface area contributed by atoms with Gasteiger partial charge < -0.3 is 14.8 Å². The van der Waals surface area contributed by atoms with Gasteiger partial charge in [0.15, 0.2) is 0 Å². The number of aromatic nitrogens is 2. The van der Waals surface area contributed by atoms with Crippen molar-refractivity contribution in [2.24, 2.45) is 0 Å². The van der Waals surface area contributed by atoms with Crippen LogP contribution in [0, 0.1) is 0 Å². The molecular formula is C22H30N4O2. The van der Waals surface area contributed by atoms with Crippen LogP contribution in [-0.2, 0) is 16.1 Å². The van der Waals surface area contributed by atoms with Crippen molar-refractivity contribution in [1.29, 1.82) is 0 Å². The van der Waals surface area contributed by atoms with Crippen molar-refractivity contribution < 1.29 is 9.59 Å². The summed E-state index contributed by atoms with van der Waals surface area (Å²) < 4.78 is 1.93. The van der Waals surface area contributed by atoms with Gasteiger partial charge in [0.05, 0.1) is 17.1 Å². The van der Waals surface area contributed by atoms with Crippen molar-refractivity contribution in [3.8, 4) is 0 Å². The number of carbonyl (C=O) groups is 2. The zero-order valence-corrected chi connectivity index (χ0v) is 17.1. The van der Waals surface area contributed by atoms with E-state index in [-0.39, 0.29) is 24.4 Å². The third-order valence-corrected chi connectivity index (χ3v) is 5.62. The van der Waals surface area contributed by atoms with E-state index in [0.29, 0.717) is 17.4 Å². The minimum absolute atomic E-state index is 0.0785. The Hall–Kier alpha value is -2.63. The van der Waals surface area contributed by atoms with Crippen molar-refractivity contribution in [2.45, 2.75) is 64.6 Å². The SMILES string of the molecule is C=C(C)C(=O)NC(C)c1nc2ccccc2n1CC(=O)N(C)C1CCCCC1. The Bertz CT molecular complexity index is 880. The molecule has 0 radical (unpaired) electrons. The van der Waals surface area contributed by atoms with Crippen LogP contribution in [0.5, 0.6) is 0 Å². The molecule has 2 amide bonds. The summed E-state index contributed by atoms with van der Waals surface area (Å²) in [6.45, 7) is 7.47. The summed E-state index contributed by atoms with van der Waals surface area (Å²) in [6.07, 6.45) is 5.78. The van der Waals surface area contributed by atoms with Gasteiger partial charge in [0.2, 0.25) is 11.8 Å². The predicted octanol–water partition coefficient (Wildman–Crippen LogP) is 3.58. The molecule has 1 atom stereocenters. The molecule has 2 aromatic rings. The highest BCUT2D eigenvalue weighted by Crippen LogP contribution is 2.24. The van der Waals surface area contributed by atoms with Gasteiger partial charge in [-0.1, -0.05) is 38.0 Å². The second-order valence-electron chi connectivity index (χ2n) is 7.82. The molecule has 6 nitrogen and oxygen atoms in total. The van der Waals surface area contributed by atoms with Crippen molar-refractivity contribution in [3.63, 3.8) is 0 Å². The van der Waals surface area contributed by atoms with Crippen LogP contribution < -0.4 is 5.32 Å². The number of rotatable bonds is 6. The molecule has 3 rings (SSSR count). The maximum atomic E-state index is 13.0. The molecule has 1 unspecified atom stereocenters. The van der Waals surface area contributed by atoms with E-state index < -0.39 is 0 Å². The first-order valence-electron chi connectivity index (χ1n) is 10.1. The molecular weight excluding hydrogens is 352 g/mol. The molecule has 150 valence electrons. The number of fused-ring (bicyclic) bond motifs is 1. The lowest BCUT2D eigenvalue weighted by atomic mass is 9.94. The molecule has 0 aliphatic heterocycles. The molecule has 1 aromatic heterocycles. The average Bonchev–Trinajstić information content (AvgIpc) is 3.06. The first kappa shape index (κ1) is 20.1. The monoisotopic (exact) mass is 382 g/mol. The molecule has 1 fully saturated rings. The first-order valence-corrected chi connectivity index (χ1v) is 10.1. The minimum atomic E-state index is -0.329. The van der Waals surface area contributed by atoms with Gasteiger partial charge in [-0.25, -0.2) is 4.98 Å². The Morgan fingerprint density at radius 3 is 2.64 bits per heavy atom. The maximum absolute atomic E-state index is 13.0. The molecule has 28 heavy (non-hydrogen) atoms. The van der Waals surface area contributed by atoms with E-state index in [2.05, 4.69) is 11.9 Å². The van der Waals surface area contributed by atoms with Gasteiger partial charge in [-0.05, 0) is 38.8 Å². The quantitative estimate of drug-likeness (QED) is 0.777. The van der Waals surface area contributed by atoms with E-state index in [1.54, 1.807) is 6.92 Å². The summed E-state index contributed by atoms with van der Waals surface area (Å²) in [5.74, 6) is 0.549. The fraction of sp³-hybridized carbons (Fsp3) is 0.500. The number of nitrogens with zero attached hydrogens (tertiary/aromatic N) is 3. The van der Waals surface area contributed by atoms with Crippen LogP contribution in [0.15, 0.2) is 36.4 Å². The summed E-state index contributed by atoms with van der Waals surface area (Å²) in [7, 11) is 1.91. The summed E-state index contributed by atoms with van der Waals surface area (Å²) in [5, 5.41) is 2.92. The number of nitrogens with one attached hydrogen (secondary N) is 1. The summed E-state index contributed by atoms with van der Waals surface area (Å²) in [5.41, 5.74) is 2.17. The lowest BCUT2D eigenvalue weighted by molar-refractivity contribution is -0.133. The number of hydrogen-bond donors (Lipinski definition) is 1. The Balaban J connectivity index is 1.87. The normalized spacial score (nSPS) is 16.0. The van der Waals surface area contributed by atoms with E-state index in [9.17, 15) is 9.59 Å². The van der Waals surface area contributed by atoms with Gasteiger partial charge in [0.1, 0.15) is 12.4 Å². The van der Waals surface area contributed by atoms with Crippen molar-refractivity contribution in [2.75, 3.05) is 7.05 Å². The van der Waals surface area contributed by atoms with Gasteiger partial charge in [0, 0.05) is 18.7 Å². The van der Waals surface area contributed by atoms with Crippen molar-refractivity contribution >= 4 is 22.8 Å². The minimum Gasteiger partial charge on any atom is -0.343 e. The van der Waals surface area contributed by atoms with Crippen molar-refractivity contribution in [1.82, 2.24) is 19.8 Å². The van der Waals surface area contributed by atoms with E-state index in [4.69, 9.17) is 4.98 Å². The Morgan fingerprint density at radius 2 is 1.96 bits per heavy atom. The number of likely N-dealkylation sites (N-methyl/N-ethyl adjacent to an activating group) is 1. The molecule has 0 saturated heterocycles. The summed E-state index contributed by atoms with van der Waals surface area (Å²) >= 11 is 0. The number of hydrogen-bond acceptors (Lipinski definition) is 3. The van der Waals surface area contributed by atoms with Crippen LogP contribution in [0.2, 0.25) is 0 Å². The molecule has 1 saturated carbocycles. The zero-order valence-electron chi connectivity index (χ0n) is 17.1. The van der Waals surface area contributed by atoms with E-state index in [1.165, 1.54) is 19.3 Å². The number of para-hydroxylation sites is 2. The van der Waals surface area contributed by atoms with Gasteiger partial charge in [0.25, 0.3) is 0 Å². The Labute approximate surface area is 166 Å². The van der Waals surface area contributed by atoms with E-state index in [1.807, 2.05) is 47.7 Å². The third-order valence-electron chi connectivity index (χ3n) is 5.62. The molecule has 1 aliphatic carbocycles. The standard InChI is InChI=1S/C22H30N4O2/c1-15(2)22(28)23-16(3)21-24-18-12-8-9-13-19(18)26(21)14-20(27)25(4)17-10-6-5-7-11-17/h8-9,12-13,16-17H,1,5-7,10-11,14H2,2-4H3,(H,23,28). The Morgan fingerprint density at radius 1 is 1.29 bits per heavy atom. The lowest BCUT2D eigenvalue weighted by Crippen LogP contribution is -2.40. The molecule has 1 heterocycles. The van der Waals surface area contributed by atoms with E-state index >= 15 is 0 Å². The van der Waals surface area contributed by atoms with Crippen molar-refractivity contribution in [3.05, 3.63) is 42.2 Å². The van der Waals surface area contributed by atoms with E-state index in [0.717, 1.165) is 23.9 Å². The lowest BCUT2D eigenvalue weighted by Gasteiger charge is -2.31. The van der Waals surface area contributed by atoms with Crippen LogP contribution in [0.1, 0.15) is 57.8 Å². The maximum Gasteiger partial charge on any atom is 0.246 e. The summed E-state index contributed by atoms with van der Waals surface area (Å²) in [6, 6.07) is 7.75. The summed E-state index contributed by atoms with van der Waals surface area (Å²) in [4.78, 5) is 31.7. The number of carbonyl (C=O) groups excluding carboxylic acids is 2. The fourth-order valence-corrected chi connectivity index (χ4v) is 3.89. The van der Waals surface area contributed by atoms with Gasteiger partial charge in [-0.2, -0.15) is 0 Å². The number of benzene rings is 1. The van der Waals surface area contributed by atoms with Crippen LogP contribution in [0.25, 0.3) is 11.0 Å². The molecule has 1 N–H and O–H groups in total. The van der Waals surface area contributed by atoms with Crippen LogP contribution in [0.3, 0.4) is 0 Å². The largest absolute Gasteiger partial charge is 0.343 e. The second kappa shape index (κ2) is 8.59. The Kier molecular flexibility index (Phi) is 6.17. The number of amides is 2. The highest BCUT2D eigenvalue weighted by Gasteiger charge is 2.25. The molecule has 0 bridgehead atoms. The first-order chi connectivity index (χ1) is 13.4.